The second kappa shape index (κ2) is 1.56. The summed E-state index contributed by atoms with van der Waals surface area (Å²) in [5, 5.41) is 1.23. The van der Waals surface area contributed by atoms with E-state index in [1.165, 1.54) is 5.41 Å². The summed E-state index contributed by atoms with van der Waals surface area (Å²) >= 11 is 0. The fourth-order valence-corrected chi connectivity index (χ4v) is 1.79. The summed E-state index contributed by atoms with van der Waals surface area (Å²) < 4.78 is 20.6. The van der Waals surface area contributed by atoms with Crippen LogP contribution < -0.4 is 5.73 Å². The maximum absolute atomic E-state index is 10.3. The Kier molecular flexibility index (Phi) is 1.13. The molecule has 1 heterocycles. The summed E-state index contributed by atoms with van der Waals surface area (Å²) in [6.07, 6.45) is 0. The summed E-state index contributed by atoms with van der Waals surface area (Å²) in [6.45, 7) is 0.374. The Balaban J connectivity index is 2.78. The van der Waals surface area contributed by atoms with Gasteiger partial charge in [0.2, 0.25) is 0 Å². The van der Waals surface area contributed by atoms with Crippen LogP contribution >= 0.6 is 0 Å². The third kappa shape index (κ3) is 0.900. The smallest absolute Gasteiger partial charge is 0.175 e. The lowest BCUT2D eigenvalue weighted by Crippen LogP contribution is -2.22. The molecule has 0 saturated heterocycles. The molecule has 1 aliphatic rings. The van der Waals surface area contributed by atoms with Gasteiger partial charge >= 0.3 is 0 Å². The maximum atomic E-state index is 10.3. The molecule has 0 saturated carbocycles. The molecule has 0 radical (unpaired) electrons. The molecular weight excluding hydrogens is 126 g/mol. The molecule has 1 rings (SSSR count). The van der Waals surface area contributed by atoms with Crippen LogP contribution in [-0.2, 0) is 9.84 Å². The highest BCUT2D eigenvalue weighted by molar-refractivity contribution is 7.95. The van der Waals surface area contributed by atoms with Crippen molar-refractivity contribution in [2.45, 2.75) is 0 Å². The van der Waals surface area contributed by atoms with Gasteiger partial charge in [-0.1, -0.05) is 0 Å². The Bertz CT molecular complexity index is 214. The molecule has 0 aliphatic carbocycles. The highest BCUT2D eigenvalue weighted by Crippen LogP contribution is 2.13. The topological polar surface area (TPSA) is 60.2 Å². The predicted molar refractivity (Wildman–Crippen MR) is 30.9 cm³/mol. The molecule has 0 fully saturated rings. The van der Waals surface area contributed by atoms with Crippen LogP contribution in [0.2, 0.25) is 0 Å². The Hall–Kier alpha value is -0.350. The lowest BCUT2D eigenvalue weighted by atomic mass is 10.3. The number of hydrogen-bond acceptors (Lipinski definition) is 3. The molecule has 0 unspecified atom stereocenters. The summed E-state index contributed by atoms with van der Waals surface area (Å²) in [5.74, 6) is 0.170. The molecule has 8 heavy (non-hydrogen) atoms. The monoisotopic (exact) mass is 133 g/mol. The Morgan fingerprint density at radius 2 is 2.25 bits per heavy atom. The number of nitrogens with two attached hydrogens (primary N) is 1. The maximum Gasteiger partial charge on any atom is 0.175 e. The highest BCUT2D eigenvalue weighted by atomic mass is 32.2. The first-order chi connectivity index (χ1) is 3.64. The SMILES string of the molecule is NCC1=CS(=O)(=O)C1. The molecular formula is C4H7NO2S. The van der Waals surface area contributed by atoms with E-state index in [-0.39, 0.29) is 5.75 Å². The van der Waals surface area contributed by atoms with Crippen molar-refractivity contribution in [3.63, 3.8) is 0 Å². The zero-order valence-electron chi connectivity index (χ0n) is 4.29. The van der Waals surface area contributed by atoms with Gasteiger partial charge in [-0.05, 0) is 5.57 Å². The quantitative estimate of drug-likeness (QED) is 0.512. The van der Waals surface area contributed by atoms with Crippen LogP contribution in [0.15, 0.2) is 11.0 Å². The van der Waals surface area contributed by atoms with Crippen LogP contribution in [0.5, 0.6) is 0 Å². The first-order valence-corrected chi connectivity index (χ1v) is 3.98. The van der Waals surface area contributed by atoms with Crippen molar-refractivity contribution in [2.24, 2.45) is 5.73 Å². The molecule has 2 N–H and O–H groups in total. The third-order valence-corrected chi connectivity index (χ3v) is 2.46. The molecule has 46 valence electrons. The van der Waals surface area contributed by atoms with E-state index in [2.05, 4.69) is 0 Å². The van der Waals surface area contributed by atoms with Gasteiger partial charge in [-0.3, -0.25) is 0 Å². The fraction of sp³-hybridized carbons (Fsp3) is 0.500. The standard InChI is InChI=1S/C4H7NO2S/c5-1-4-2-8(6,7)3-4/h2H,1,3,5H2. The van der Waals surface area contributed by atoms with Crippen LogP contribution in [0.3, 0.4) is 0 Å². The van der Waals surface area contributed by atoms with Gasteiger partial charge in [0.05, 0.1) is 5.75 Å². The minimum atomic E-state index is -2.78. The van der Waals surface area contributed by atoms with E-state index < -0.39 is 9.84 Å². The first kappa shape index (κ1) is 5.78. The van der Waals surface area contributed by atoms with Crippen molar-refractivity contribution >= 4 is 9.84 Å². The van der Waals surface area contributed by atoms with Crippen molar-refractivity contribution in [1.82, 2.24) is 0 Å². The normalized spacial score (nSPS) is 23.9. The zero-order chi connectivity index (χ0) is 6.20. The molecule has 3 nitrogen and oxygen atoms in total. The molecule has 0 atom stereocenters. The van der Waals surface area contributed by atoms with E-state index in [0.29, 0.717) is 6.54 Å². The minimum Gasteiger partial charge on any atom is -0.327 e. The van der Waals surface area contributed by atoms with E-state index >= 15 is 0 Å². The Labute approximate surface area is 48.1 Å². The fourth-order valence-electron chi connectivity index (χ4n) is 0.596. The van der Waals surface area contributed by atoms with Crippen molar-refractivity contribution in [1.29, 1.82) is 0 Å². The van der Waals surface area contributed by atoms with E-state index in [0.717, 1.165) is 5.57 Å². The van der Waals surface area contributed by atoms with Gasteiger partial charge in [-0.2, -0.15) is 0 Å². The van der Waals surface area contributed by atoms with Gasteiger partial charge in [0.25, 0.3) is 0 Å². The second-order valence-electron chi connectivity index (χ2n) is 1.79. The first-order valence-electron chi connectivity index (χ1n) is 2.26. The summed E-state index contributed by atoms with van der Waals surface area (Å²) in [5.41, 5.74) is 5.95. The van der Waals surface area contributed by atoms with Crippen LogP contribution in [0.4, 0.5) is 0 Å². The van der Waals surface area contributed by atoms with E-state index in [1.54, 1.807) is 0 Å². The van der Waals surface area contributed by atoms with Crippen molar-refractivity contribution < 1.29 is 8.42 Å². The van der Waals surface area contributed by atoms with Gasteiger partial charge in [0, 0.05) is 12.0 Å². The molecule has 0 aromatic rings. The van der Waals surface area contributed by atoms with E-state index in [9.17, 15) is 8.42 Å². The highest BCUT2D eigenvalue weighted by Gasteiger charge is 2.20. The molecule has 0 bridgehead atoms. The largest absolute Gasteiger partial charge is 0.327 e. The van der Waals surface area contributed by atoms with Gasteiger partial charge in [-0.25, -0.2) is 8.42 Å². The van der Waals surface area contributed by atoms with Gasteiger partial charge in [0.15, 0.2) is 9.84 Å². The molecule has 0 amide bonds. The van der Waals surface area contributed by atoms with Gasteiger partial charge in [0.1, 0.15) is 0 Å². The van der Waals surface area contributed by atoms with Crippen LogP contribution in [0.25, 0.3) is 0 Å². The number of rotatable bonds is 1. The van der Waals surface area contributed by atoms with Crippen LogP contribution in [-0.4, -0.2) is 20.7 Å². The van der Waals surface area contributed by atoms with Crippen molar-refractivity contribution in [2.75, 3.05) is 12.3 Å². The molecule has 1 aliphatic heterocycles. The Morgan fingerprint density at radius 3 is 2.38 bits per heavy atom. The zero-order valence-corrected chi connectivity index (χ0v) is 5.11. The van der Waals surface area contributed by atoms with Crippen molar-refractivity contribution in [3.05, 3.63) is 11.0 Å². The lowest BCUT2D eigenvalue weighted by Gasteiger charge is -2.11. The van der Waals surface area contributed by atoms with Crippen molar-refractivity contribution in [3.8, 4) is 0 Å². The summed E-state index contributed by atoms with van der Waals surface area (Å²) in [4.78, 5) is 0. The second-order valence-corrected chi connectivity index (χ2v) is 3.64. The van der Waals surface area contributed by atoms with Gasteiger partial charge in [-0.15, -0.1) is 0 Å². The average Bonchev–Trinajstić information content (AvgIpc) is 1.60. The summed E-state index contributed by atoms with van der Waals surface area (Å²) in [6, 6.07) is 0. The average molecular weight is 133 g/mol. The molecule has 4 heteroatoms. The van der Waals surface area contributed by atoms with Crippen LogP contribution in [0.1, 0.15) is 0 Å². The van der Waals surface area contributed by atoms with E-state index in [4.69, 9.17) is 5.73 Å². The van der Waals surface area contributed by atoms with Gasteiger partial charge < -0.3 is 5.73 Å². The molecule has 0 aromatic heterocycles. The number of hydrogen-bond donors (Lipinski definition) is 1. The molecule has 0 aromatic carbocycles. The lowest BCUT2D eigenvalue weighted by molar-refractivity contribution is 0.602. The van der Waals surface area contributed by atoms with Crippen LogP contribution in [0, 0.1) is 0 Å². The molecule has 0 spiro atoms. The minimum absolute atomic E-state index is 0.170. The summed E-state index contributed by atoms with van der Waals surface area (Å²) in [7, 11) is -2.78. The predicted octanol–water partition coefficient (Wildman–Crippen LogP) is -0.743. The van der Waals surface area contributed by atoms with E-state index in [1.807, 2.05) is 0 Å². The number of sulfone groups is 1. The Morgan fingerprint density at radius 1 is 1.75 bits per heavy atom. The third-order valence-electron chi connectivity index (χ3n) is 0.995.